The zero-order valence-corrected chi connectivity index (χ0v) is 13.1. The summed E-state index contributed by atoms with van der Waals surface area (Å²) in [6.45, 7) is 5.50. The first-order chi connectivity index (χ1) is 11.2. The number of aryl methyl sites for hydroxylation is 1. The second-order valence-electron chi connectivity index (χ2n) is 4.97. The van der Waals surface area contributed by atoms with E-state index in [-0.39, 0.29) is 28.9 Å². The molecule has 0 atom stereocenters. The summed E-state index contributed by atoms with van der Waals surface area (Å²) in [6, 6.07) is 2.84. The Morgan fingerprint density at radius 3 is 2.58 bits per heavy atom. The number of nitrogens with two attached hydrogens (primary N) is 1. The second-order valence-corrected chi connectivity index (χ2v) is 4.97. The number of anilines is 1. The minimum absolute atomic E-state index is 0.0257. The molecule has 0 unspecified atom stereocenters. The van der Waals surface area contributed by atoms with E-state index >= 15 is 0 Å². The maximum atomic E-state index is 13.3. The van der Waals surface area contributed by atoms with E-state index in [1.54, 1.807) is 6.92 Å². The van der Waals surface area contributed by atoms with Crippen LogP contribution in [0.2, 0.25) is 0 Å². The monoisotopic (exact) mass is 339 g/mol. The van der Waals surface area contributed by atoms with Gasteiger partial charge in [0.25, 0.3) is 0 Å². The molecule has 2 N–H and O–H groups in total. The molecule has 0 amide bonds. The first kappa shape index (κ1) is 17.6. The summed E-state index contributed by atoms with van der Waals surface area (Å²) in [5.74, 6) is -0.742. The van der Waals surface area contributed by atoms with Crippen molar-refractivity contribution < 1.29 is 22.7 Å². The number of nitrogen functional groups attached to an aromatic ring is 1. The molecule has 0 aliphatic rings. The number of halogens is 3. The maximum Gasteiger partial charge on any atom is 0.435 e. The Hall–Kier alpha value is -2.77. The lowest BCUT2D eigenvalue weighted by atomic mass is 9.97. The van der Waals surface area contributed by atoms with Crippen LogP contribution in [0.4, 0.5) is 18.9 Å². The summed E-state index contributed by atoms with van der Waals surface area (Å²) in [6.07, 6.45) is -1.99. The van der Waals surface area contributed by atoms with Gasteiger partial charge >= 0.3 is 12.1 Å². The molecule has 0 radical (unpaired) electrons. The molecule has 2 aromatic rings. The van der Waals surface area contributed by atoms with E-state index in [0.29, 0.717) is 5.56 Å². The first-order valence-electron chi connectivity index (χ1n) is 7.02. The number of benzene rings is 1. The standard InChI is InChI=1S/C16H16F3N3O2/c1-4-9-6-10(13(20)11(7-9)15(23)24-3)12-8-22(5-2)21-14(12)16(17,18)19/h4,6-8H,1,5,20H2,2-3H3. The van der Waals surface area contributed by atoms with Crippen LogP contribution in [0.1, 0.15) is 28.5 Å². The molecule has 128 valence electrons. The van der Waals surface area contributed by atoms with Gasteiger partial charge in [0.1, 0.15) is 0 Å². The molecule has 0 saturated carbocycles. The van der Waals surface area contributed by atoms with E-state index in [1.165, 1.54) is 24.4 Å². The van der Waals surface area contributed by atoms with Crippen molar-refractivity contribution in [2.45, 2.75) is 19.6 Å². The van der Waals surface area contributed by atoms with Crippen molar-refractivity contribution in [2.75, 3.05) is 12.8 Å². The van der Waals surface area contributed by atoms with Gasteiger partial charge in [-0.05, 0) is 24.6 Å². The average Bonchev–Trinajstić information content (AvgIpc) is 2.99. The Morgan fingerprint density at radius 1 is 1.42 bits per heavy atom. The summed E-state index contributed by atoms with van der Waals surface area (Å²) in [7, 11) is 1.16. The second kappa shape index (κ2) is 6.38. The number of nitrogens with zero attached hydrogens (tertiary/aromatic N) is 2. The fourth-order valence-electron chi connectivity index (χ4n) is 2.28. The molecule has 0 saturated heterocycles. The lowest BCUT2D eigenvalue weighted by Gasteiger charge is -2.13. The SMILES string of the molecule is C=Cc1cc(C(=O)OC)c(N)c(-c2cn(CC)nc2C(F)(F)F)c1. The van der Waals surface area contributed by atoms with E-state index in [9.17, 15) is 18.0 Å². The number of esters is 1. The van der Waals surface area contributed by atoms with Gasteiger partial charge in [-0.2, -0.15) is 18.3 Å². The quantitative estimate of drug-likeness (QED) is 0.682. The molecular formula is C16H16F3N3O2. The van der Waals surface area contributed by atoms with Crippen LogP contribution in [-0.2, 0) is 17.5 Å². The van der Waals surface area contributed by atoms with Crippen molar-refractivity contribution in [2.24, 2.45) is 0 Å². The third-order valence-electron chi connectivity index (χ3n) is 3.49. The Morgan fingerprint density at radius 2 is 2.08 bits per heavy atom. The summed E-state index contributed by atoms with van der Waals surface area (Å²) < 4.78 is 45.7. The number of carbonyl (C=O) groups excluding carboxylic acids is 1. The van der Waals surface area contributed by atoms with Crippen molar-refractivity contribution >= 4 is 17.7 Å². The van der Waals surface area contributed by atoms with Gasteiger partial charge in [0.05, 0.1) is 18.4 Å². The highest BCUT2D eigenvalue weighted by Gasteiger charge is 2.38. The number of aromatic nitrogens is 2. The molecule has 0 aliphatic carbocycles. The molecule has 1 aromatic heterocycles. The number of alkyl halides is 3. The smallest absolute Gasteiger partial charge is 0.435 e. The van der Waals surface area contributed by atoms with Crippen LogP contribution >= 0.6 is 0 Å². The van der Waals surface area contributed by atoms with Crippen molar-refractivity contribution in [1.82, 2.24) is 9.78 Å². The Kier molecular flexibility index (Phi) is 4.68. The number of hydrogen-bond acceptors (Lipinski definition) is 4. The summed E-state index contributed by atoms with van der Waals surface area (Å²) >= 11 is 0. The van der Waals surface area contributed by atoms with Crippen molar-refractivity contribution in [1.29, 1.82) is 0 Å². The third kappa shape index (κ3) is 3.12. The van der Waals surface area contributed by atoms with Crippen molar-refractivity contribution in [3.8, 4) is 11.1 Å². The predicted molar refractivity (Wildman–Crippen MR) is 84.2 cm³/mol. The number of carbonyl (C=O) groups is 1. The molecule has 2 rings (SSSR count). The van der Waals surface area contributed by atoms with Crippen LogP contribution < -0.4 is 5.73 Å². The van der Waals surface area contributed by atoms with E-state index < -0.39 is 17.8 Å². The Balaban J connectivity index is 2.79. The van der Waals surface area contributed by atoms with Gasteiger partial charge in [-0.25, -0.2) is 4.79 Å². The average molecular weight is 339 g/mol. The van der Waals surface area contributed by atoms with E-state index in [2.05, 4.69) is 16.4 Å². The van der Waals surface area contributed by atoms with E-state index in [0.717, 1.165) is 11.8 Å². The van der Waals surface area contributed by atoms with Crippen molar-refractivity contribution in [3.63, 3.8) is 0 Å². The lowest BCUT2D eigenvalue weighted by Crippen LogP contribution is -2.11. The highest BCUT2D eigenvalue weighted by atomic mass is 19.4. The minimum Gasteiger partial charge on any atom is -0.465 e. The van der Waals surface area contributed by atoms with Gasteiger partial charge in [-0.3, -0.25) is 4.68 Å². The summed E-state index contributed by atoms with van der Waals surface area (Å²) in [4.78, 5) is 11.8. The fraction of sp³-hybridized carbons (Fsp3) is 0.250. The van der Waals surface area contributed by atoms with E-state index in [4.69, 9.17) is 5.73 Å². The largest absolute Gasteiger partial charge is 0.465 e. The number of rotatable bonds is 4. The zero-order chi connectivity index (χ0) is 18.1. The summed E-state index contributed by atoms with van der Waals surface area (Å²) in [5, 5.41) is 3.56. The van der Waals surface area contributed by atoms with Gasteiger partial charge in [0.2, 0.25) is 0 Å². The fourth-order valence-corrected chi connectivity index (χ4v) is 2.28. The van der Waals surface area contributed by atoms with Gasteiger partial charge in [0, 0.05) is 23.9 Å². The normalized spacial score (nSPS) is 11.4. The minimum atomic E-state index is -4.65. The summed E-state index contributed by atoms with van der Waals surface area (Å²) in [5.41, 5.74) is 5.05. The molecule has 0 spiro atoms. The van der Waals surface area contributed by atoms with Crippen LogP contribution in [0.15, 0.2) is 24.9 Å². The van der Waals surface area contributed by atoms with Crippen LogP contribution in [0.25, 0.3) is 17.2 Å². The van der Waals surface area contributed by atoms with Gasteiger partial charge in [-0.1, -0.05) is 12.7 Å². The third-order valence-corrected chi connectivity index (χ3v) is 3.49. The highest BCUT2D eigenvalue weighted by Crippen LogP contribution is 2.39. The topological polar surface area (TPSA) is 70.1 Å². The van der Waals surface area contributed by atoms with Crippen LogP contribution in [0, 0.1) is 0 Å². The number of methoxy groups -OCH3 is 1. The highest BCUT2D eigenvalue weighted by molar-refractivity contribution is 6.00. The van der Waals surface area contributed by atoms with E-state index in [1.807, 2.05) is 0 Å². The van der Waals surface area contributed by atoms with Crippen LogP contribution in [0.5, 0.6) is 0 Å². The number of hydrogen-bond donors (Lipinski definition) is 1. The molecule has 0 aliphatic heterocycles. The molecule has 1 aromatic carbocycles. The maximum absolute atomic E-state index is 13.3. The van der Waals surface area contributed by atoms with Crippen LogP contribution in [0.3, 0.4) is 0 Å². The molecule has 0 bridgehead atoms. The lowest BCUT2D eigenvalue weighted by molar-refractivity contribution is -0.141. The molecular weight excluding hydrogens is 323 g/mol. The Bertz CT molecular complexity index is 795. The Labute approximate surface area is 136 Å². The molecule has 0 fully saturated rings. The van der Waals surface area contributed by atoms with Crippen LogP contribution in [-0.4, -0.2) is 22.9 Å². The first-order valence-corrected chi connectivity index (χ1v) is 7.02. The van der Waals surface area contributed by atoms with Gasteiger partial charge in [-0.15, -0.1) is 0 Å². The molecule has 24 heavy (non-hydrogen) atoms. The molecule has 8 heteroatoms. The number of ether oxygens (including phenoxy) is 1. The molecule has 5 nitrogen and oxygen atoms in total. The van der Waals surface area contributed by atoms with Gasteiger partial charge in [0.15, 0.2) is 5.69 Å². The van der Waals surface area contributed by atoms with Gasteiger partial charge < -0.3 is 10.5 Å². The zero-order valence-electron chi connectivity index (χ0n) is 13.1. The predicted octanol–water partition coefficient (Wildman–Crippen LogP) is 3.60. The molecule has 1 heterocycles. The van der Waals surface area contributed by atoms with Crippen molar-refractivity contribution in [3.05, 3.63) is 41.7 Å².